The van der Waals surface area contributed by atoms with Gasteiger partial charge in [-0.2, -0.15) is 0 Å². The molecule has 3 heteroatoms. The van der Waals surface area contributed by atoms with Crippen LogP contribution in [0, 0.1) is 5.41 Å². The molecule has 17 heavy (non-hydrogen) atoms. The Labute approximate surface area is 106 Å². The van der Waals surface area contributed by atoms with Crippen LogP contribution in [0.5, 0.6) is 0 Å². The summed E-state index contributed by atoms with van der Waals surface area (Å²) in [5, 5.41) is 3.44. The number of hydrogen-bond acceptors (Lipinski definition) is 3. The lowest BCUT2D eigenvalue weighted by Crippen LogP contribution is -2.21. The zero-order chi connectivity index (χ0) is 13.1. The molecule has 0 unspecified atom stereocenters. The summed E-state index contributed by atoms with van der Waals surface area (Å²) in [6, 6.07) is 0. The number of hydrogen-bond donors (Lipinski definition) is 1. The Balaban J connectivity index is 3.16. The first-order valence-electron chi connectivity index (χ1n) is 6.82. The van der Waals surface area contributed by atoms with E-state index in [1.807, 2.05) is 6.92 Å². The second-order valence-electron chi connectivity index (χ2n) is 5.68. The van der Waals surface area contributed by atoms with E-state index in [9.17, 15) is 4.79 Å². The van der Waals surface area contributed by atoms with Crippen molar-refractivity contribution in [1.82, 2.24) is 5.32 Å². The van der Waals surface area contributed by atoms with Crippen LogP contribution in [0.25, 0.3) is 0 Å². The fraction of sp³-hybridized carbons (Fsp3) is 0.929. The van der Waals surface area contributed by atoms with E-state index in [0.717, 1.165) is 32.4 Å². The second kappa shape index (κ2) is 9.46. The number of rotatable bonds is 9. The smallest absolute Gasteiger partial charge is 0.305 e. The van der Waals surface area contributed by atoms with E-state index in [1.54, 1.807) is 0 Å². The second-order valence-corrected chi connectivity index (χ2v) is 5.68. The van der Waals surface area contributed by atoms with Crippen molar-refractivity contribution in [1.29, 1.82) is 0 Å². The summed E-state index contributed by atoms with van der Waals surface area (Å²) in [5.41, 5.74) is 0.414. The topological polar surface area (TPSA) is 38.3 Å². The highest BCUT2D eigenvalue weighted by Crippen LogP contribution is 2.16. The molecule has 0 aromatic rings. The number of carbonyl (C=O) groups excluding carboxylic acids is 1. The molecule has 0 spiro atoms. The minimum Gasteiger partial charge on any atom is -0.466 e. The third-order valence-corrected chi connectivity index (χ3v) is 2.59. The van der Waals surface area contributed by atoms with Gasteiger partial charge in [-0.1, -0.05) is 27.2 Å². The molecule has 0 aromatic carbocycles. The lowest BCUT2D eigenvalue weighted by atomic mass is 9.92. The van der Waals surface area contributed by atoms with Crippen molar-refractivity contribution in [2.75, 3.05) is 19.7 Å². The van der Waals surface area contributed by atoms with Crippen LogP contribution in [0.15, 0.2) is 0 Å². The molecular weight excluding hydrogens is 214 g/mol. The van der Waals surface area contributed by atoms with Crippen molar-refractivity contribution in [2.45, 2.75) is 59.8 Å². The molecule has 0 aliphatic carbocycles. The maximum atomic E-state index is 11.1. The van der Waals surface area contributed by atoms with E-state index in [0.29, 0.717) is 18.4 Å². The van der Waals surface area contributed by atoms with Gasteiger partial charge in [0.05, 0.1) is 6.61 Å². The summed E-state index contributed by atoms with van der Waals surface area (Å²) in [6.45, 7) is 11.3. The van der Waals surface area contributed by atoms with E-state index in [1.165, 1.54) is 6.42 Å². The summed E-state index contributed by atoms with van der Waals surface area (Å²) in [7, 11) is 0. The van der Waals surface area contributed by atoms with Crippen molar-refractivity contribution in [2.24, 2.45) is 5.41 Å². The van der Waals surface area contributed by atoms with Gasteiger partial charge in [0.15, 0.2) is 0 Å². The minimum absolute atomic E-state index is 0.0619. The van der Waals surface area contributed by atoms with Crippen molar-refractivity contribution in [3.05, 3.63) is 0 Å². The third kappa shape index (κ3) is 13.4. The molecule has 0 atom stereocenters. The van der Waals surface area contributed by atoms with Gasteiger partial charge in [-0.25, -0.2) is 0 Å². The zero-order valence-corrected chi connectivity index (χ0v) is 12.0. The monoisotopic (exact) mass is 243 g/mol. The fourth-order valence-electron chi connectivity index (χ4n) is 1.52. The van der Waals surface area contributed by atoms with Crippen LogP contribution in [-0.2, 0) is 9.53 Å². The van der Waals surface area contributed by atoms with E-state index in [-0.39, 0.29) is 5.97 Å². The van der Waals surface area contributed by atoms with Crippen LogP contribution in [0.4, 0.5) is 0 Å². The Kier molecular flexibility index (Phi) is 9.14. The molecule has 0 aliphatic heterocycles. The Hall–Kier alpha value is -0.570. The number of esters is 1. The van der Waals surface area contributed by atoms with Gasteiger partial charge >= 0.3 is 5.97 Å². The Morgan fingerprint density at radius 3 is 2.41 bits per heavy atom. The molecule has 1 N–H and O–H groups in total. The summed E-state index contributed by atoms with van der Waals surface area (Å²) < 4.78 is 4.87. The average molecular weight is 243 g/mol. The van der Waals surface area contributed by atoms with Gasteiger partial charge < -0.3 is 10.1 Å². The van der Waals surface area contributed by atoms with E-state index < -0.39 is 0 Å². The molecule has 102 valence electrons. The molecule has 0 bridgehead atoms. The fourth-order valence-corrected chi connectivity index (χ4v) is 1.52. The average Bonchev–Trinajstić information content (AvgIpc) is 2.21. The van der Waals surface area contributed by atoms with Gasteiger partial charge in [-0.15, -0.1) is 0 Å². The molecular formula is C14H29NO2. The molecule has 0 aromatic heterocycles. The van der Waals surface area contributed by atoms with Crippen molar-refractivity contribution >= 4 is 5.97 Å². The molecule has 0 saturated carbocycles. The number of ether oxygens (including phenoxy) is 1. The number of nitrogens with one attached hydrogen (secondary N) is 1. The molecule has 0 saturated heterocycles. The van der Waals surface area contributed by atoms with Crippen LogP contribution < -0.4 is 5.32 Å². The highest BCUT2D eigenvalue weighted by atomic mass is 16.5. The number of unbranched alkanes of at least 4 members (excludes halogenated alkanes) is 2. The predicted octanol–water partition coefficient (Wildman–Crippen LogP) is 3.14. The Morgan fingerprint density at radius 2 is 1.82 bits per heavy atom. The highest BCUT2D eigenvalue weighted by Gasteiger charge is 2.08. The molecule has 0 fully saturated rings. The third-order valence-electron chi connectivity index (χ3n) is 2.59. The normalized spacial score (nSPS) is 11.5. The van der Waals surface area contributed by atoms with Crippen LogP contribution in [0.1, 0.15) is 59.8 Å². The van der Waals surface area contributed by atoms with Gasteiger partial charge in [-0.3, -0.25) is 4.79 Å². The van der Waals surface area contributed by atoms with E-state index in [4.69, 9.17) is 4.74 Å². The summed E-state index contributed by atoms with van der Waals surface area (Å²) >= 11 is 0. The maximum Gasteiger partial charge on any atom is 0.305 e. The zero-order valence-electron chi connectivity index (χ0n) is 12.0. The summed E-state index contributed by atoms with van der Waals surface area (Å²) in [6.07, 6.45) is 4.95. The lowest BCUT2D eigenvalue weighted by Gasteiger charge is -2.17. The summed E-state index contributed by atoms with van der Waals surface area (Å²) in [5.74, 6) is -0.0619. The SMILES string of the molecule is CCOC(=O)CCCCCNCCC(C)(C)C. The van der Waals surface area contributed by atoms with Gasteiger partial charge in [0.2, 0.25) is 0 Å². The molecule has 0 aliphatic rings. The Bertz CT molecular complexity index is 197. The van der Waals surface area contributed by atoms with Crippen molar-refractivity contribution in [3.8, 4) is 0 Å². The summed E-state index contributed by atoms with van der Waals surface area (Å²) in [4.78, 5) is 11.1. The molecule has 3 nitrogen and oxygen atoms in total. The van der Waals surface area contributed by atoms with Gasteiger partial charge in [-0.05, 0) is 44.7 Å². The van der Waals surface area contributed by atoms with Gasteiger partial charge in [0, 0.05) is 6.42 Å². The lowest BCUT2D eigenvalue weighted by molar-refractivity contribution is -0.143. The van der Waals surface area contributed by atoms with Crippen LogP contribution >= 0.6 is 0 Å². The van der Waals surface area contributed by atoms with Crippen LogP contribution in [-0.4, -0.2) is 25.7 Å². The largest absolute Gasteiger partial charge is 0.466 e. The molecule has 0 heterocycles. The highest BCUT2D eigenvalue weighted by molar-refractivity contribution is 5.69. The predicted molar refractivity (Wildman–Crippen MR) is 72.0 cm³/mol. The molecule has 0 rings (SSSR count). The van der Waals surface area contributed by atoms with Crippen molar-refractivity contribution < 1.29 is 9.53 Å². The van der Waals surface area contributed by atoms with E-state index in [2.05, 4.69) is 26.1 Å². The van der Waals surface area contributed by atoms with E-state index >= 15 is 0 Å². The van der Waals surface area contributed by atoms with Crippen LogP contribution in [0.3, 0.4) is 0 Å². The van der Waals surface area contributed by atoms with Crippen molar-refractivity contribution in [3.63, 3.8) is 0 Å². The maximum absolute atomic E-state index is 11.1. The number of carbonyl (C=O) groups is 1. The quantitative estimate of drug-likeness (QED) is 0.499. The van der Waals surface area contributed by atoms with Gasteiger partial charge in [0.1, 0.15) is 0 Å². The first kappa shape index (κ1) is 16.4. The minimum atomic E-state index is -0.0619. The molecule has 0 amide bonds. The first-order chi connectivity index (χ1) is 7.95. The van der Waals surface area contributed by atoms with Crippen LogP contribution in [0.2, 0.25) is 0 Å². The van der Waals surface area contributed by atoms with Gasteiger partial charge in [0.25, 0.3) is 0 Å². The molecule has 0 radical (unpaired) electrons. The Morgan fingerprint density at radius 1 is 1.12 bits per heavy atom. The first-order valence-corrected chi connectivity index (χ1v) is 6.82. The standard InChI is InChI=1S/C14H29NO2/c1-5-17-13(16)9-7-6-8-11-15-12-10-14(2,3)4/h15H,5-12H2,1-4H3.